The summed E-state index contributed by atoms with van der Waals surface area (Å²) >= 11 is 0. The predicted molar refractivity (Wildman–Crippen MR) is 134 cm³/mol. The largest absolute Gasteiger partial charge is 0.467 e. The maximum Gasteiger partial charge on any atom is 0.328 e. The Morgan fingerprint density at radius 2 is 1.43 bits per heavy atom. The van der Waals surface area contributed by atoms with Gasteiger partial charge in [0.05, 0.1) is 13.0 Å². The fourth-order valence-corrected chi connectivity index (χ4v) is 4.46. The summed E-state index contributed by atoms with van der Waals surface area (Å²) in [6.07, 6.45) is 3.48. The van der Waals surface area contributed by atoms with Crippen molar-refractivity contribution < 1.29 is 19.1 Å². The molecule has 3 aromatic rings. The van der Waals surface area contributed by atoms with Gasteiger partial charge in [-0.3, -0.25) is 9.59 Å². The number of ether oxygens (including phenoxy) is 1. The Hall–Kier alpha value is -4.19. The van der Waals surface area contributed by atoms with Crippen molar-refractivity contribution in [3.63, 3.8) is 0 Å². The van der Waals surface area contributed by atoms with Crippen LogP contribution in [0.1, 0.15) is 29.0 Å². The average Bonchev–Trinajstić information content (AvgIpc) is 3.32. The number of amides is 2. The number of rotatable bonds is 7. The van der Waals surface area contributed by atoms with Gasteiger partial charge in [0.2, 0.25) is 11.8 Å². The molecule has 6 nitrogen and oxygen atoms in total. The van der Waals surface area contributed by atoms with Gasteiger partial charge in [0.15, 0.2) is 0 Å². The van der Waals surface area contributed by atoms with Gasteiger partial charge in [-0.25, -0.2) is 4.79 Å². The number of carbonyl (C=O) groups excluding carboxylic acids is 3. The lowest BCUT2D eigenvalue weighted by Crippen LogP contribution is -2.44. The van der Waals surface area contributed by atoms with Crippen molar-refractivity contribution in [1.29, 1.82) is 0 Å². The summed E-state index contributed by atoms with van der Waals surface area (Å²) < 4.78 is 5.00. The molecule has 6 heteroatoms. The number of nitrogens with one attached hydrogen (secondary N) is 1. The van der Waals surface area contributed by atoms with Crippen LogP contribution in [0.5, 0.6) is 0 Å². The van der Waals surface area contributed by atoms with Crippen LogP contribution in [0.15, 0.2) is 97.1 Å². The Balaban J connectivity index is 1.55. The highest BCUT2D eigenvalue weighted by atomic mass is 16.5. The van der Waals surface area contributed by atoms with Crippen LogP contribution in [0, 0.1) is 0 Å². The molecule has 0 aliphatic carbocycles. The van der Waals surface area contributed by atoms with Crippen molar-refractivity contribution >= 4 is 23.9 Å². The Bertz CT molecular complexity index is 1140. The zero-order chi connectivity index (χ0) is 24.6. The predicted octanol–water partition coefficient (Wildman–Crippen LogP) is 3.79. The van der Waals surface area contributed by atoms with Gasteiger partial charge in [-0.2, -0.15) is 0 Å². The number of esters is 1. The molecule has 1 heterocycles. The number of nitrogens with zero attached hydrogens (tertiary/aromatic N) is 1. The molecule has 178 valence electrons. The van der Waals surface area contributed by atoms with E-state index in [1.165, 1.54) is 13.2 Å². The van der Waals surface area contributed by atoms with E-state index in [-0.39, 0.29) is 24.4 Å². The van der Waals surface area contributed by atoms with E-state index in [1.54, 1.807) is 11.0 Å². The lowest BCUT2D eigenvalue weighted by Gasteiger charge is -2.28. The van der Waals surface area contributed by atoms with E-state index in [1.807, 2.05) is 91.0 Å². The second-order valence-corrected chi connectivity index (χ2v) is 8.47. The highest BCUT2D eigenvalue weighted by Crippen LogP contribution is 2.31. The quantitative estimate of drug-likeness (QED) is 0.423. The molecule has 0 saturated carbocycles. The van der Waals surface area contributed by atoms with Crippen molar-refractivity contribution in [2.75, 3.05) is 13.7 Å². The third-order valence-electron chi connectivity index (χ3n) is 6.14. The molecule has 0 aromatic heterocycles. The first-order valence-corrected chi connectivity index (χ1v) is 11.6. The van der Waals surface area contributed by atoms with Gasteiger partial charge in [-0.1, -0.05) is 91.0 Å². The standard InChI is InChI=1S/C29H28N2O4/c1-35-29(34)25-19-24(30-26(32)18-17-21-11-5-2-6-12-21)20-31(25)28(33)27(22-13-7-3-8-14-22)23-15-9-4-10-16-23/h2-18,24-25,27H,19-20H2,1H3,(H,30,32)/b18-17+/t24-,25-/m0/s1. The Morgan fingerprint density at radius 1 is 0.886 bits per heavy atom. The minimum absolute atomic E-state index is 0.200. The minimum Gasteiger partial charge on any atom is -0.467 e. The number of methoxy groups -OCH3 is 1. The molecule has 2 amide bonds. The molecule has 35 heavy (non-hydrogen) atoms. The molecule has 0 spiro atoms. The normalized spacial score (nSPS) is 17.5. The van der Waals surface area contributed by atoms with E-state index in [4.69, 9.17) is 4.74 Å². The third kappa shape index (κ3) is 5.84. The monoisotopic (exact) mass is 468 g/mol. The van der Waals surface area contributed by atoms with Crippen molar-refractivity contribution in [2.24, 2.45) is 0 Å². The molecule has 0 bridgehead atoms. The van der Waals surface area contributed by atoms with Gasteiger partial charge in [0.25, 0.3) is 0 Å². The van der Waals surface area contributed by atoms with E-state index in [0.29, 0.717) is 6.42 Å². The number of hydrogen-bond acceptors (Lipinski definition) is 4. The summed E-state index contributed by atoms with van der Waals surface area (Å²) in [5.41, 5.74) is 2.59. The maximum atomic E-state index is 13.9. The zero-order valence-corrected chi connectivity index (χ0v) is 19.5. The molecule has 1 aliphatic rings. The van der Waals surface area contributed by atoms with Gasteiger partial charge in [-0.15, -0.1) is 0 Å². The highest BCUT2D eigenvalue weighted by Gasteiger charge is 2.43. The Labute approximate surface area is 205 Å². The Kier molecular flexibility index (Phi) is 7.73. The first kappa shape index (κ1) is 24.0. The maximum absolute atomic E-state index is 13.9. The van der Waals surface area contributed by atoms with E-state index in [0.717, 1.165) is 16.7 Å². The molecule has 3 aromatic carbocycles. The fourth-order valence-electron chi connectivity index (χ4n) is 4.46. The molecular weight excluding hydrogens is 440 g/mol. The van der Waals surface area contributed by atoms with Gasteiger partial charge < -0.3 is 15.0 Å². The smallest absolute Gasteiger partial charge is 0.328 e. The first-order chi connectivity index (χ1) is 17.1. The number of likely N-dealkylation sites (tertiary alicyclic amines) is 1. The minimum atomic E-state index is -0.772. The summed E-state index contributed by atoms with van der Waals surface area (Å²) in [4.78, 5) is 40.6. The van der Waals surface area contributed by atoms with Gasteiger partial charge >= 0.3 is 5.97 Å². The second kappa shape index (κ2) is 11.3. The van der Waals surface area contributed by atoms with E-state index >= 15 is 0 Å². The average molecular weight is 469 g/mol. The van der Waals surface area contributed by atoms with Crippen molar-refractivity contribution in [3.05, 3.63) is 114 Å². The second-order valence-electron chi connectivity index (χ2n) is 8.47. The van der Waals surface area contributed by atoms with Crippen LogP contribution >= 0.6 is 0 Å². The molecule has 1 saturated heterocycles. The summed E-state index contributed by atoms with van der Waals surface area (Å²) in [7, 11) is 1.31. The first-order valence-electron chi connectivity index (χ1n) is 11.6. The topological polar surface area (TPSA) is 75.7 Å². The van der Waals surface area contributed by atoms with Gasteiger partial charge in [0.1, 0.15) is 6.04 Å². The molecule has 1 N–H and O–H groups in total. The van der Waals surface area contributed by atoms with Crippen LogP contribution in [0.2, 0.25) is 0 Å². The van der Waals surface area contributed by atoms with E-state index in [9.17, 15) is 14.4 Å². The van der Waals surface area contributed by atoms with Gasteiger partial charge in [0, 0.05) is 25.1 Å². The van der Waals surface area contributed by atoms with Crippen LogP contribution in [0.25, 0.3) is 6.08 Å². The Morgan fingerprint density at radius 3 is 1.97 bits per heavy atom. The lowest BCUT2D eigenvalue weighted by atomic mass is 9.90. The van der Waals surface area contributed by atoms with Crippen molar-refractivity contribution in [3.8, 4) is 0 Å². The summed E-state index contributed by atoms with van der Waals surface area (Å²) in [5, 5.41) is 2.93. The van der Waals surface area contributed by atoms with E-state index < -0.39 is 17.9 Å². The number of hydrogen-bond donors (Lipinski definition) is 1. The van der Waals surface area contributed by atoms with E-state index in [2.05, 4.69) is 5.32 Å². The molecule has 1 fully saturated rings. The summed E-state index contributed by atoms with van der Waals surface area (Å²) in [5.74, 6) is -1.54. The lowest BCUT2D eigenvalue weighted by molar-refractivity contribution is -0.151. The summed E-state index contributed by atoms with van der Waals surface area (Å²) in [6, 6.07) is 27.4. The van der Waals surface area contributed by atoms with Gasteiger partial charge in [-0.05, 0) is 22.8 Å². The van der Waals surface area contributed by atoms with Crippen molar-refractivity contribution in [2.45, 2.75) is 24.4 Å². The summed E-state index contributed by atoms with van der Waals surface area (Å²) in [6.45, 7) is 0.222. The SMILES string of the molecule is COC(=O)[C@@H]1C[C@H](NC(=O)/C=C/c2ccccc2)CN1C(=O)C(c1ccccc1)c1ccccc1. The van der Waals surface area contributed by atoms with Crippen LogP contribution < -0.4 is 5.32 Å². The zero-order valence-electron chi connectivity index (χ0n) is 19.5. The molecule has 0 radical (unpaired) electrons. The molecular formula is C29H28N2O4. The third-order valence-corrected chi connectivity index (χ3v) is 6.14. The van der Waals surface area contributed by atoms with Crippen LogP contribution in [-0.4, -0.2) is 48.4 Å². The highest BCUT2D eigenvalue weighted by molar-refractivity contribution is 5.93. The van der Waals surface area contributed by atoms with Crippen molar-refractivity contribution in [1.82, 2.24) is 10.2 Å². The molecule has 4 rings (SSSR count). The van der Waals surface area contributed by atoms with Crippen LogP contribution in [0.3, 0.4) is 0 Å². The fraction of sp³-hybridized carbons (Fsp3) is 0.207. The van der Waals surface area contributed by atoms with Crippen LogP contribution in [0.4, 0.5) is 0 Å². The number of benzene rings is 3. The molecule has 1 aliphatic heterocycles. The molecule has 2 atom stereocenters. The van der Waals surface area contributed by atoms with Crippen LogP contribution in [-0.2, 0) is 19.1 Å². The number of carbonyl (C=O) groups is 3. The molecule has 0 unspecified atom stereocenters.